The highest BCUT2D eigenvalue weighted by Gasteiger charge is 2.51. The lowest BCUT2D eigenvalue weighted by Crippen LogP contribution is -2.62. The molecule has 3 aromatic rings. The van der Waals surface area contributed by atoms with Crippen LogP contribution in [0.15, 0.2) is 54.6 Å². The van der Waals surface area contributed by atoms with Crippen LogP contribution >= 0.6 is 0 Å². The quantitative estimate of drug-likeness (QED) is 0.477. The number of benzene rings is 2. The maximum absolute atomic E-state index is 13.2. The summed E-state index contributed by atoms with van der Waals surface area (Å²) in [6.45, 7) is 0. The highest BCUT2D eigenvalue weighted by molar-refractivity contribution is 6.07. The first-order valence-electron chi connectivity index (χ1n) is 12.4. The number of hydrogen-bond donors (Lipinski definition) is 3. The number of pyridine rings is 1. The van der Waals surface area contributed by atoms with Gasteiger partial charge in [0, 0.05) is 16.5 Å². The second kappa shape index (κ2) is 8.56. The molecule has 180 valence electrons. The van der Waals surface area contributed by atoms with Gasteiger partial charge < -0.3 is 10.1 Å². The standard InChI is InChI=1S/C28H30N4O3/c1-35-21-6-4-5-20(12-21)25-13-23(22-7-2-3-8-24(22)29-25)26(33)31-32-27(34)30-28-14-17-9-18(15-28)11-19(10-17)16-28/h2-8,12-13,17-19H,9-11,14-16H2,1H3,(H,31,33)(H2,30,32,34). The topological polar surface area (TPSA) is 92.4 Å². The van der Waals surface area contributed by atoms with E-state index in [9.17, 15) is 9.59 Å². The van der Waals surface area contributed by atoms with Crippen molar-refractivity contribution in [1.29, 1.82) is 0 Å². The summed E-state index contributed by atoms with van der Waals surface area (Å²) in [5.41, 5.74) is 7.77. The van der Waals surface area contributed by atoms with Gasteiger partial charge in [0.05, 0.1) is 23.9 Å². The highest BCUT2D eigenvalue weighted by atomic mass is 16.5. The van der Waals surface area contributed by atoms with Crippen LogP contribution in [0.1, 0.15) is 48.9 Å². The molecule has 35 heavy (non-hydrogen) atoms. The molecule has 2 aromatic carbocycles. The van der Waals surface area contributed by atoms with E-state index in [1.165, 1.54) is 19.3 Å². The molecule has 3 N–H and O–H groups in total. The van der Waals surface area contributed by atoms with Gasteiger partial charge in [-0.1, -0.05) is 30.3 Å². The molecule has 4 aliphatic rings. The zero-order valence-corrected chi connectivity index (χ0v) is 19.8. The summed E-state index contributed by atoms with van der Waals surface area (Å²) in [6.07, 6.45) is 7.09. The number of amides is 3. The van der Waals surface area contributed by atoms with Gasteiger partial charge in [-0.2, -0.15) is 0 Å². The van der Waals surface area contributed by atoms with Crippen molar-refractivity contribution in [3.05, 3.63) is 60.2 Å². The number of fused-ring (bicyclic) bond motifs is 1. The number of methoxy groups -OCH3 is 1. The van der Waals surface area contributed by atoms with Crippen LogP contribution < -0.4 is 20.9 Å². The summed E-state index contributed by atoms with van der Waals surface area (Å²) in [5, 5.41) is 3.95. The maximum Gasteiger partial charge on any atom is 0.333 e. The van der Waals surface area contributed by atoms with E-state index >= 15 is 0 Å². The number of urea groups is 1. The number of hydrazine groups is 1. The Morgan fingerprint density at radius 3 is 2.34 bits per heavy atom. The summed E-state index contributed by atoms with van der Waals surface area (Å²) in [6, 6.07) is 16.5. The summed E-state index contributed by atoms with van der Waals surface area (Å²) < 4.78 is 5.34. The third-order valence-electron chi connectivity index (χ3n) is 8.03. The third kappa shape index (κ3) is 4.20. The lowest BCUT2D eigenvalue weighted by atomic mass is 9.53. The summed E-state index contributed by atoms with van der Waals surface area (Å²) in [4.78, 5) is 30.8. The number of para-hydroxylation sites is 1. The molecule has 4 bridgehead atoms. The first-order valence-corrected chi connectivity index (χ1v) is 12.4. The van der Waals surface area contributed by atoms with Crippen molar-refractivity contribution in [3.63, 3.8) is 0 Å². The molecule has 0 saturated heterocycles. The van der Waals surface area contributed by atoms with Crippen LogP contribution in [0, 0.1) is 17.8 Å². The van der Waals surface area contributed by atoms with Crippen molar-refractivity contribution >= 4 is 22.8 Å². The SMILES string of the molecule is COc1cccc(-c2cc(C(=O)NNC(=O)NC34CC5CC(CC(C5)C3)C4)c3ccccc3n2)c1. The van der Waals surface area contributed by atoms with Gasteiger partial charge in [-0.15, -0.1) is 0 Å². The van der Waals surface area contributed by atoms with Crippen molar-refractivity contribution in [2.45, 2.75) is 44.1 Å². The number of aromatic nitrogens is 1. The molecular formula is C28H30N4O3. The molecule has 3 amide bonds. The summed E-state index contributed by atoms with van der Waals surface area (Å²) in [5.74, 6) is 2.53. The molecule has 0 spiro atoms. The Labute approximate surface area is 204 Å². The van der Waals surface area contributed by atoms with Crippen molar-refractivity contribution < 1.29 is 14.3 Å². The van der Waals surface area contributed by atoms with Gasteiger partial charge in [0.1, 0.15) is 5.75 Å². The fourth-order valence-electron chi connectivity index (χ4n) is 7.01. The maximum atomic E-state index is 13.2. The number of hydrogen-bond acceptors (Lipinski definition) is 4. The van der Waals surface area contributed by atoms with Crippen LogP contribution in [0.25, 0.3) is 22.2 Å². The monoisotopic (exact) mass is 470 g/mol. The molecule has 7 rings (SSSR count). The molecule has 0 unspecified atom stereocenters. The summed E-state index contributed by atoms with van der Waals surface area (Å²) >= 11 is 0. The largest absolute Gasteiger partial charge is 0.497 e. The van der Waals surface area contributed by atoms with Crippen LogP contribution in [-0.2, 0) is 0 Å². The van der Waals surface area contributed by atoms with E-state index in [-0.39, 0.29) is 17.5 Å². The molecule has 7 nitrogen and oxygen atoms in total. The van der Waals surface area contributed by atoms with Crippen LogP contribution in [0.3, 0.4) is 0 Å². The van der Waals surface area contributed by atoms with Crippen LogP contribution in [0.4, 0.5) is 4.79 Å². The van der Waals surface area contributed by atoms with Crippen molar-refractivity contribution in [1.82, 2.24) is 21.2 Å². The Balaban J connectivity index is 1.20. The molecule has 1 heterocycles. The molecule has 1 aromatic heterocycles. The molecule has 7 heteroatoms. The normalized spacial score (nSPS) is 26.4. The Bertz CT molecular complexity index is 1270. The van der Waals surface area contributed by atoms with Crippen molar-refractivity contribution in [3.8, 4) is 17.0 Å². The van der Waals surface area contributed by atoms with Crippen molar-refractivity contribution in [2.75, 3.05) is 7.11 Å². The number of rotatable bonds is 4. The minimum absolute atomic E-state index is 0.119. The average Bonchev–Trinajstić information content (AvgIpc) is 2.85. The van der Waals surface area contributed by atoms with Crippen molar-refractivity contribution in [2.24, 2.45) is 17.8 Å². The van der Waals surface area contributed by atoms with Crippen LogP contribution in [-0.4, -0.2) is 29.6 Å². The fraction of sp³-hybridized carbons (Fsp3) is 0.393. The number of ether oxygens (including phenoxy) is 1. The third-order valence-corrected chi connectivity index (χ3v) is 8.03. The van der Waals surface area contributed by atoms with E-state index in [0.717, 1.165) is 48.0 Å². The second-order valence-electron chi connectivity index (χ2n) is 10.5. The lowest BCUT2D eigenvalue weighted by Gasteiger charge is -2.56. The predicted octanol–water partition coefficient (Wildman–Crippen LogP) is 4.82. The van der Waals surface area contributed by atoms with Gasteiger partial charge in [0.15, 0.2) is 0 Å². The Morgan fingerprint density at radius 2 is 1.63 bits per heavy atom. The first-order chi connectivity index (χ1) is 17.0. The molecule has 4 aliphatic carbocycles. The zero-order chi connectivity index (χ0) is 24.0. The predicted molar refractivity (Wildman–Crippen MR) is 134 cm³/mol. The smallest absolute Gasteiger partial charge is 0.333 e. The van der Waals surface area contributed by atoms with E-state index in [1.54, 1.807) is 13.2 Å². The van der Waals surface area contributed by atoms with Crippen LogP contribution in [0.5, 0.6) is 5.75 Å². The van der Waals surface area contributed by atoms with Crippen LogP contribution in [0.2, 0.25) is 0 Å². The molecule has 0 atom stereocenters. The van der Waals surface area contributed by atoms with Gasteiger partial charge in [-0.05, 0) is 80.5 Å². The lowest BCUT2D eigenvalue weighted by molar-refractivity contribution is -0.0137. The Kier molecular flexibility index (Phi) is 5.35. The molecule has 0 aliphatic heterocycles. The van der Waals surface area contributed by atoms with Gasteiger partial charge in [-0.3, -0.25) is 10.2 Å². The van der Waals surface area contributed by atoms with E-state index in [4.69, 9.17) is 9.72 Å². The number of carbonyl (C=O) groups excluding carboxylic acids is 2. The molecular weight excluding hydrogens is 440 g/mol. The van der Waals surface area contributed by atoms with E-state index in [1.807, 2.05) is 48.5 Å². The first kappa shape index (κ1) is 21.9. The zero-order valence-electron chi connectivity index (χ0n) is 19.8. The molecule has 4 saturated carbocycles. The fourth-order valence-corrected chi connectivity index (χ4v) is 7.01. The van der Waals surface area contributed by atoms with Gasteiger partial charge in [0.2, 0.25) is 0 Å². The van der Waals surface area contributed by atoms with E-state index in [2.05, 4.69) is 16.2 Å². The van der Waals surface area contributed by atoms with Gasteiger partial charge >= 0.3 is 6.03 Å². The molecule has 4 fully saturated rings. The van der Waals surface area contributed by atoms with Gasteiger partial charge in [-0.25, -0.2) is 15.2 Å². The van der Waals surface area contributed by atoms with Gasteiger partial charge in [0.25, 0.3) is 5.91 Å². The number of carbonyl (C=O) groups is 2. The van der Waals surface area contributed by atoms with E-state index in [0.29, 0.717) is 22.5 Å². The minimum atomic E-state index is -0.381. The average molecular weight is 471 g/mol. The summed E-state index contributed by atoms with van der Waals surface area (Å²) in [7, 11) is 1.62. The Morgan fingerprint density at radius 1 is 0.914 bits per heavy atom. The second-order valence-corrected chi connectivity index (χ2v) is 10.5. The van der Waals surface area contributed by atoms with E-state index < -0.39 is 0 Å². The Hall–Kier alpha value is -3.61. The highest BCUT2D eigenvalue weighted by Crippen LogP contribution is 2.55. The number of nitrogens with one attached hydrogen (secondary N) is 3. The minimum Gasteiger partial charge on any atom is -0.497 e. The molecule has 0 radical (unpaired) electrons. The number of nitrogens with zero attached hydrogens (tertiary/aromatic N) is 1.